The van der Waals surface area contributed by atoms with Gasteiger partial charge in [-0.05, 0) is 12.1 Å². The molecule has 0 spiro atoms. The van der Waals surface area contributed by atoms with E-state index in [1.807, 2.05) is 6.07 Å². The Labute approximate surface area is 77.4 Å². The molecular formula is C8H4F2N4. The minimum Gasteiger partial charge on any atom is -0.280 e. The van der Waals surface area contributed by atoms with Crippen LogP contribution < -0.4 is 0 Å². The van der Waals surface area contributed by atoms with Gasteiger partial charge in [0, 0.05) is 6.20 Å². The van der Waals surface area contributed by atoms with Crippen LogP contribution in [0.3, 0.4) is 0 Å². The van der Waals surface area contributed by atoms with Gasteiger partial charge < -0.3 is 0 Å². The number of hydrogen-bond acceptors (Lipinski definition) is 3. The number of hydrogen-bond donors (Lipinski definition) is 0. The van der Waals surface area contributed by atoms with Gasteiger partial charge >= 0.3 is 0 Å². The minimum absolute atomic E-state index is 0.291. The van der Waals surface area contributed by atoms with E-state index in [0.717, 1.165) is 4.40 Å². The van der Waals surface area contributed by atoms with E-state index in [1.54, 1.807) is 0 Å². The molecule has 6 heteroatoms. The fourth-order valence-electron chi connectivity index (χ4n) is 1.12. The van der Waals surface area contributed by atoms with Gasteiger partial charge in [-0.25, -0.2) is 8.78 Å². The molecule has 0 N–H and O–H groups in total. The van der Waals surface area contributed by atoms with E-state index in [9.17, 15) is 8.78 Å². The van der Waals surface area contributed by atoms with Gasteiger partial charge in [0.05, 0.1) is 5.56 Å². The molecule has 2 rings (SSSR count). The summed E-state index contributed by atoms with van der Waals surface area (Å²) in [6.07, 6.45) is -1.41. The average Bonchev–Trinajstić information content (AvgIpc) is 2.59. The predicted octanol–water partition coefficient (Wildman–Crippen LogP) is 1.54. The molecule has 0 amide bonds. The van der Waals surface area contributed by atoms with Crippen molar-refractivity contribution in [1.82, 2.24) is 14.6 Å². The molecule has 2 aromatic heterocycles. The van der Waals surface area contributed by atoms with Gasteiger partial charge in [-0.1, -0.05) is 0 Å². The Morgan fingerprint density at radius 1 is 1.36 bits per heavy atom. The normalized spacial score (nSPS) is 10.7. The SMILES string of the molecule is N#Cc1ccc2nnc(C(F)F)n2c1. The van der Waals surface area contributed by atoms with Crippen molar-refractivity contribution in [3.63, 3.8) is 0 Å². The van der Waals surface area contributed by atoms with Gasteiger partial charge in [0.15, 0.2) is 5.65 Å². The van der Waals surface area contributed by atoms with Crippen molar-refractivity contribution in [1.29, 1.82) is 5.26 Å². The summed E-state index contributed by atoms with van der Waals surface area (Å²) in [7, 11) is 0. The fourth-order valence-corrected chi connectivity index (χ4v) is 1.12. The average molecular weight is 194 g/mol. The highest BCUT2D eigenvalue weighted by atomic mass is 19.3. The maximum atomic E-state index is 12.4. The molecule has 0 aliphatic heterocycles. The lowest BCUT2D eigenvalue weighted by Crippen LogP contribution is -1.95. The summed E-state index contributed by atoms with van der Waals surface area (Å²) in [5, 5.41) is 15.4. The zero-order chi connectivity index (χ0) is 10.1. The van der Waals surface area contributed by atoms with Crippen molar-refractivity contribution in [3.8, 4) is 6.07 Å². The van der Waals surface area contributed by atoms with Crippen LogP contribution in [0.15, 0.2) is 18.3 Å². The van der Waals surface area contributed by atoms with Crippen LogP contribution in [-0.4, -0.2) is 14.6 Å². The van der Waals surface area contributed by atoms with Gasteiger partial charge in [-0.3, -0.25) is 4.40 Å². The van der Waals surface area contributed by atoms with Crippen LogP contribution in [0.25, 0.3) is 5.65 Å². The van der Waals surface area contributed by atoms with Crippen LogP contribution in [0.4, 0.5) is 8.78 Å². The number of nitriles is 1. The topological polar surface area (TPSA) is 54.0 Å². The number of aromatic nitrogens is 3. The number of rotatable bonds is 1. The van der Waals surface area contributed by atoms with Crippen LogP contribution in [0.5, 0.6) is 0 Å². The zero-order valence-electron chi connectivity index (χ0n) is 6.85. The Kier molecular flexibility index (Phi) is 1.85. The molecule has 0 fully saturated rings. The highest BCUT2D eigenvalue weighted by Gasteiger charge is 2.15. The summed E-state index contributed by atoms with van der Waals surface area (Å²) in [4.78, 5) is 0. The summed E-state index contributed by atoms with van der Waals surface area (Å²) in [6, 6.07) is 4.82. The Morgan fingerprint density at radius 2 is 2.14 bits per heavy atom. The first-order valence-corrected chi connectivity index (χ1v) is 3.75. The molecule has 0 aliphatic rings. The summed E-state index contributed by atoms with van der Waals surface area (Å²) < 4.78 is 25.8. The first kappa shape index (κ1) is 8.56. The molecule has 14 heavy (non-hydrogen) atoms. The van der Waals surface area contributed by atoms with E-state index >= 15 is 0 Å². The first-order chi connectivity index (χ1) is 6.72. The first-order valence-electron chi connectivity index (χ1n) is 3.75. The van der Waals surface area contributed by atoms with Crippen molar-refractivity contribution >= 4 is 5.65 Å². The third-order valence-electron chi connectivity index (χ3n) is 1.75. The standard InChI is InChI=1S/C8H4F2N4/c9-7(10)8-13-12-6-2-1-5(3-11)4-14(6)8/h1-2,4,7H. The zero-order valence-corrected chi connectivity index (χ0v) is 6.85. The lowest BCUT2D eigenvalue weighted by atomic mass is 10.3. The number of alkyl halides is 2. The van der Waals surface area contributed by atoms with Crippen LogP contribution in [0.2, 0.25) is 0 Å². The molecule has 0 atom stereocenters. The summed E-state index contributed by atoms with van der Waals surface area (Å²) in [5.41, 5.74) is 0.596. The van der Waals surface area contributed by atoms with Crippen molar-refractivity contribution in [2.24, 2.45) is 0 Å². The highest BCUT2D eigenvalue weighted by molar-refractivity contribution is 5.42. The van der Waals surface area contributed by atoms with Crippen LogP contribution in [-0.2, 0) is 0 Å². The Hall–Kier alpha value is -2.03. The Morgan fingerprint density at radius 3 is 2.79 bits per heavy atom. The molecule has 0 aromatic carbocycles. The monoisotopic (exact) mass is 194 g/mol. The maximum absolute atomic E-state index is 12.4. The molecule has 0 bridgehead atoms. The molecule has 0 radical (unpaired) electrons. The second-order valence-corrected chi connectivity index (χ2v) is 2.62. The molecule has 70 valence electrons. The van der Waals surface area contributed by atoms with Crippen molar-refractivity contribution in [2.75, 3.05) is 0 Å². The van der Waals surface area contributed by atoms with Gasteiger partial charge in [-0.15, -0.1) is 10.2 Å². The molecule has 4 nitrogen and oxygen atoms in total. The van der Waals surface area contributed by atoms with E-state index in [-0.39, 0.29) is 0 Å². The van der Waals surface area contributed by atoms with E-state index < -0.39 is 12.2 Å². The van der Waals surface area contributed by atoms with E-state index in [0.29, 0.717) is 11.2 Å². The molecule has 0 unspecified atom stereocenters. The second-order valence-electron chi connectivity index (χ2n) is 2.62. The minimum atomic E-state index is -2.70. The molecule has 0 aliphatic carbocycles. The van der Waals surface area contributed by atoms with E-state index in [4.69, 9.17) is 5.26 Å². The van der Waals surface area contributed by atoms with Crippen molar-refractivity contribution in [2.45, 2.75) is 6.43 Å². The van der Waals surface area contributed by atoms with E-state index in [2.05, 4.69) is 10.2 Å². The largest absolute Gasteiger partial charge is 0.297 e. The Bertz CT molecular complexity index is 512. The highest BCUT2D eigenvalue weighted by Crippen LogP contribution is 2.17. The number of pyridine rings is 1. The van der Waals surface area contributed by atoms with E-state index in [1.165, 1.54) is 18.3 Å². The summed E-state index contributed by atoms with van der Waals surface area (Å²) in [6.45, 7) is 0. The smallest absolute Gasteiger partial charge is 0.280 e. The maximum Gasteiger partial charge on any atom is 0.297 e. The number of fused-ring (bicyclic) bond motifs is 1. The van der Waals surface area contributed by atoms with Gasteiger partial charge in [0.25, 0.3) is 6.43 Å². The lowest BCUT2D eigenvalue weighted by molar-refractivity contribution is 0.139. The molecule has 0 saturated carbocycles. The molecule has 2 heterocycles. The third-order valence-corrected chi connectivity index (χ3v) is 1.75. The van der Waals surface area contributed by atoms with Gasteiger partial charge in [0.1, 0.15) is 6.07 Å². The van der Waals surface area contributed by atoms with Crippen molar-refractivity contribution < 1.29 is 8.78 Å². The quantitative estimate of drug-likeness (QED) is 0.691. The van der Waals surface area contributed by atoms with Crippen molar-refractivity contribution in [3.05, 3.63) is 29.7 Å². The third kappa shape index (κ3) is 1.19. The van der Waals surface area contributed by atoms with Crippen LogP contribution >= 0.6 is 0 Å². The van der Waals surface area contributed by atoms with Crippen LogP contribution in [0.1, 0.15) is 17.8 Å². The molecule has 2 aromatic rings. The molecule has 0 saturated heterocycles. The predicted molar refractivity (Wildman–Crippen MR) is 42.7 cm³/mol. The second kappa shape index (κ2) is 3.03. The lowest BCUT2D eigenvalue weighted by Gasteiger charge is -1.97. The van der Waals surface area contributed by atoms with Gasteiger partial charge in [-0.2, -0.15) is 5.26 Å². The summed E-state index contributed by atoms with van der Waals surface area (Å²) >= 11 is 0. The number of nitrogens with zero attached hydrogens (tertiary/aromatic N) is 4. The fraction of sp³-hybridized carbons (Fsp3) is 0.125. The van der Waals surface area contributed by atoms with Gasteiger partial charge in [0.2, 0.25) is 5.82 Å². The molecular weight excluding hydrogens is 190 g/mol. The Balaban J connectivity index is 2.71. The number of halogens is 2. The van der Waals surface area contributed by atoms with Crippen LogP contribution in [0, 0.1) is 11.3 Å². The summed E-state index contributed by atoms with van der Waals surface area (Å²) in [5.74, 6) is -0.447.